The van der Waals surface area contributed by atoms with Crippen LogP contribution in [0, 0.1) is 0 Å². The molecule has 6 nitrogen and oxygen atoms in total. The largest absolute Gasteiger partial charge is 0.497 e. The number of halogens is 1. The van der Waals surface area contributed by atoms with Gasteiger partial charge in [0.2, 0.25) is 5.91 Å². The van der Waals surface area contributed by atoms with Crippen molar-refractivity contribution >= 4 is 47.2 Å². The highest BCUT2D eigenvalue weighted by atomic mass is 127. The standard InChI is InChI=1S/C20H28N4O2S.HI/c1-23(2)19(25)13-22-20(24(3)14-17-10-12-27-15-17)21-11-9-16-5-7-18(26-4)8-6-16;/h5-8,10,12,15H,9,11,13-14H2,1-4H3,(H,21,22);1H. The summed E-state index contributed by atoms with van der Waals surface area (Å²) in [6.07, 6.45) is 0.858. The van der Waals surface area contributed by atoms with Gasteiger partial charge >= 0.3 is 0 Å². The SMILES string of the molecule is COc1ccc(CCNC(=NCC(=O)N(C)C)N(C)Cc2ccsc2)cc1.I. The number of nitrogens with zero attached hydrogens (tertiary/aromatic N) is 3. The number of methoxy groups -OCH3 is 1. The van der Waals surface area contributed by atoms with Crippen molar-refractivity contribution < 1.29 is 9.53 Å². The number of rotatable bonds is 8. The second-order valence-electron chi connectivity index (χ2n) is 6.44. The number of nitrogens with one attached hydrogen (secondary N) is 1. The molecule has 1 aromatic heterocycles. The maximum absolute atomic E-state index is 11.9. The fourth-order valence-corrected chi connectivity index (χ4v) is 3.10. The van der Waals surface area contributed by atoms with Crippen molar-refractivity contribution in [3.63, 3.8) is 0 Å². The predicted molar refractivity (Wildman–Crippen MR) is 127 cm³/mol. The Bertz CT molecular complexity index is 733. The van der Waals surface area contributed by atoms with Gasteiger partial charge in [0.25, 0.3) is 0 Å². The van der Waals surface area contributed by atoms with Crippen LogP contribution in [-0.4, -0.2) is 63.0 Å². The summed E-state index contributed by atoms with van der Waals surface area (Å²) in [5.74, 6) is 1.56. The zero-order chi connectivity index (χ0) is 19.6. The maximum atomic E-state index is 11.9. The van der Waals surface area contributed by atoms with Gasteiger partial charge in [-0.05, 0) is 46.5 Å². The molecule has 1 amide bonds. The molecule has 0 aliphatic rings. The first kappa shape index (κ1) is 24.2. The number of hydrogen-bond acceptors (Lipinski definition) is 4. The fourth-order valence-electron chi connectivity index (χ4n) is 2.44. The second-order valence-corrected chi connectivity index (χ2v) is 7.22. The van der Waals surface area contributed by atoms with Crippen LogP contribution >= 0.6 is 35.3 Å². The first-order valence-corrected chi connectivity index (χ1v) is 9.77. The molecule has 0 radical (unpaired) electrons. The Hall–Kier alpha value is -1.81. The number of ether oxygens (including phenoxy) is 1. The molecule has 0 atom stereocenters. The molecular weight excluding hydrogens is 487 g/mol. The Balaban J connectivity index is 0.00000392. The van der Waals surface area contributed by atoms with E-state index in [1.165, 1.54) is 11.1 Å². The lowest BCUT2D eigenvalue weighted by atomic mass is 10.1. The Morgan fingerprint density at radius 2 is 1.86 bits per heavy atom. The van der Waals surface area contributed by atoms with Crippen LogP contribution in [-0.2, 0) is 17.8 Å². The summed E-state index contributed by atoms with van der Waals surface area (Å²) in [6.45, 7) is 1.61. The highest BCUT2D eigenvalue weighted by molar-refractivity contribution is 14.0. The Kier molecular flexibility index (Phi) is 10.9. The van der Waals surface area contributed by atoms with Gasteiger partial charge in [0.1, 0.15) is 12.3 Å². The van der Waals surface area contributed by atoms with Gasteiger partial charge in [0.15, 0.2) is 5.96 Å². The van der Waals surface area contributed by atoms with Crippen molar-refractivity contribution in [3.8, 4) is 5.75 Å². The molecule has 0 fully saturated rings. The Morgan fingerprint density at radius 3 is 2.43 bits per heavy atom. The zero-order valence-electron chi connectivity index (χ0n) is 16.8. The van der Waals surface area contributed by atoms with E-state index >= 15 is 0 Å². The molecule has 0 bridgehead atoms. The van der Waals surface area contributed by atoms with E-state index in [1.54, 1.807) is 37.4 Å². The lowest BCUT2D eigenvalue weighted by Crippen LogP contribution is -2.40. The summed E-state index contributed by atoms with van der Waals surface area (Å²) in [5, 5.41) is 7.56. The molecule has 1 aromatic carbocycles. The third-order valence-corrected chi connectivity index (χ3v) is 4.81. The van der Waals surface area contributed by atoms with Crippen molar-refractivity contribution in [1.29, 1.82) is 0 Å². The second kappa shape index (κ2) is 12.6. The fraction of sp³-hybridized carbons (Fsp3) is 0.400. The molecule has 0 aliphatic heterocycles. The molecule has 8 heteroatoms. The zero-order valence-corrected chi connectivity index (χ0v) is 20.0. The van der Waals surface area contributed by atoms with E-state index in [4.69, 9.17) is 4.74 Å². The lowest BCUT2D eigenvalue weighted by molar-refractivity contribution is -0.127. The van der Waals surface area contributed by atoms with E-state index in [9.17, 15) is 4.79 Å². The molecule has 0 aliphatic carbocycles. The summed E-state index contributed by atoms with van der Waals surface area (Å²) in [5.41, 5.74) is 2.44. The third-order valence-electron chi connectivity index (χ3n) is 4.08. The number of carbonyl (C=O) groups is 1. The highest BCUT2D eigenvalue weighted by Gasteiger charge is 2.10. The Labute approximate surface area is 188 Å². The minimum atomic E-state index is -0.0200. The molecule has 2 rings (SSSR count). The van der Waals surface area contributed by atoms with Gasteiger partial charge in [-0.2, -0.15) is 11.3 Å². The molecule has 0 saturated carbocycles. The van der Waals surface area contributed by atoms with Gasteiger partial charge in [-0.25, -0.2) is 4.99 Å². The molecule has 154 valence electrons. The Morgan fingerprint density at radius 1 is 1.14 bits per heavy atom. The monoisotopic (exact) mass is 516 g/mol. The normalized spacial score (nSPS) is 10.8. The average Bonchev–Trinajstić information content (AvgIpc) is 3.17. The van der Waals surface area contributed by atoms with E-state index in [-0.39, 0.29) is 36.4 Å². The predicted octanol–water partition coefficient (Wildman–Crippen LogP) is 3.08. The van der Waals surface area contributed by atoms with Gasteiger partial charge < -0.3 is 19.9 Å². The van der Waals surface area contributed by atoms with Crippen molar-refractivity contribution in [2.45, 2.75) is 13.0 Å². The number of thiophene rings is 1. The molecule has 2 aromatic rings. The van der Waals surface area contributed by atoms with Crippen molar-refractivity contribution in [3.05, 3.63) is 52.2 Å². The summed E-state index contributed by atoms with van der Waals surface area (Å²) >= 11 is 1.68. The molecule has 1 N–H and O–H groups in total. The van der Waals surface area contributed by atoms with Crippen LogP contribution in [0.25, 0.3) is 0 Å². The smallest absolute Gasteiger partial charge is 0.243 e. The van der Waals surface area contributed by atoms with Gasteiger partial charge in [0.05, 0.1) is 7.11 Å². The molecule has 28 heavy (non-hydrogen) atoms. The van der Waals surface area contributed by atoms with E-state index in [0.29, 0.717) is 0 Å². The number of amides is 1. The number of aliphatic imine (C=N–C) groups is 1. The minimum absolute atomic E-state index is 0. The van der Waals surface area contributed by atoms with E-state index < -0.39 is 0 Å². The van der Waals surface area contributed by atoms with Crippen LogP contribution in [0.15, 0.2) is 46.1 Å². The van der Waals surface area contributed by atoms with Crippen LogP contribution in [0.5, 0.6) is 5.75 Å². The van der Waals surface area contributed by atoms with Crippen molar-refractivity contribution in [2.24, 2.45) is 4.99 Å². The molecule has 1 heterocycles. The summed E-state index contributed by atoms with van der Waals surface area (Å²) < 4.78 is 5.19. The number of hydrogen-bond donors (Lipinski definition) is 1. The maximum Gasteiger partial charge on any atom is 0.243 e. The minimum Gasteiger partial charge on any atom is -0.497 e. The summed E-state index contributed by atoms with van der Waals surface area (Å²) in [6, 6.07) is 10.1. The van der Waals surface area contributed by atoms with Gasteiger partial charge in [-0.3, -0.25) is 4.79 Å². The van der Waals surface area contributed by atoms with Crippen LogP contribution in [0.4, 0.5) is 0 Å². The summed E-state index contributed by atoms with van der Waals surface area (Å²) in [4.78, 5) is 20.0. The topological polar surface area (TPSA) is 57.2 Å². The number of likely N-dealkylation sites (N-methyl/N-ethyl adjacent to an activating group) is 1. The van der Waals surface area contributed by atoms with Crippen LogP contribution in [0.2, 0.25) is 0 Å². The van der Waals surface area contributed by atoms with Crippen LogP contribution < -0.4 is 10.1 Å². The molecule has 0 spiro atoms. The van der Waals surface area contributed by atoms with Gasteiger partial charge in [-0.1, -0.05) is 12.1 Å². The van der Waals surface area contributed by atoms with Gasteiger partial charge in [0, 0.05) is 34.2 Å². The van der Waals surface area contributed by atoms with Gasteiger partial charge in [-0.15, -0.1) is 24.0 Å². The molecule has 0 saturated heterocycles. The average molecular weight is 516 g/mol. The third kappa shape index (κ3) is 8.05. The van der Waals surface area contributed by atoms with E-state index in [0.717, 1.165) is 31.2 Å². The number of carbonyl (C=O) groups excluding carboxylic acids is 1. The molecular formula is C20H29IN4O2S. The molecule has 0 unspecified atom stereocenters. The van der Waals surface area contributed by atoms with Crippen molar-refractivity contribution in [2.75, 3.05) is 41.3 Å². The first-order valence-electron chi connectivity index (χ1n) is 8.83. The van der Waals surface area contributed by atoms with E-state index in [2.05, 4.69) is 39.3 Å². The van der Waals surface area contributed by atoms with Crippen LogP contribution in [0.3, 0.4) is 0 Å². The number of benzene rings is 1. The summed E-state index contributed by atoms with van der Waals surface area (Å²) in [7, 11) is 7.13. The van der Waals surface area contributed by atoms with Crippen molar-refractivity contribution in [1.82, 2.24) is 15.1 Å². The quantitative estimate of drug-likeness (QED) is 0.333. The van der Waals surface area contributed by atoms with E-state index in [1.807, 2.05) is 24.1 Å². The number of guanidine groups is 1. The van der Waals surface area contributed by atoms with Crippen LogP contribution in [0.1, 0.15) is 11.1 Å². The lowest BCUT2D eigenvalue weighted by Gasteiger charge is -2.22. The first-order chi connectivity index (χ1) is 13.0. The highest BCUT2D eigenvalue weighted by Crippen LogP contribution is 2.11.